The maximum Gasteiger partial charge on any atom is 0.472 e. The van der Waals surface area contributed by atoms with E-state index in [1.54, 1.807) is 0 Å². The lowest BCUT2D eigenvalue weighted by Crippen LogP contribution is -2.34. The van der Waals surface area contributed by atoms with Crippen LogP contribution < -0.4 is 5.73 Å². The summed E-state index contributed by atoms with van der Waals surface area (Å²) in [6.45, 7) is 2.83. The Morgan fingerprint density at radius 3 is 1.18 bits per heavy atom. The molecule has 0 spiro atoms. The van der Waals surface area contributed by atoms with E-state index in [1.165, 1.54) is 161 Å². The first-order valence-corrected chi connectivity index (χ1v) is 26.9. The number of hydrogen-bond donors (Lipinski definition) is 3. The zero-order chi connectivity index (χ0) is 45.6. The smallest absolute Gasteiger partial charge is 0.472 e. The van der Waals surface area contributed by atoms with Crippen molar-refractivity contribution >= 4 is 25.7 Å². The van der Waals surface area contributed by atoms with E-state index in [0.29, 0.717) is 12.8 Å². The third kappa shape index (κ3) is 44.6. The molecule has 0 saturated heterocycles. The standard InChI is InChI=1S/C50H94NO10P/c1-3-5-7-9-11-13-15-17-19-21-22-23-24-26-27-29-31-33-35-37-39-41-48(52)58-43-46(44-59-62(56,57)60-45-47(51)50(54)55)61-49(53)42-40-38-36-34-32-30-28-25-20-18-16-14-12-10-8-6-4-2/h17-20,46-47H,3-16,21-45,51H2,1-2H3,(H,54,55)(H,56,57)/b19-17+,20-18+/t46-,47+/m1/s1. The summed E-state index contributed by atoms with van der Waals surface area (Å²) in [6, 6.07) is -1.52. The predicted molar refractivity (Wildman–Crippen MR) is 254 cm³/mol. The normalized spacial score (nSPS) is 13.7. The fourth-order valence-corrected chi connectivity index (χ4v) is 7.95. The summed E-state index contributed by atoms with van der Waals surface area (Å²) in [6.07, 6.45) is 49.5. The lowest BCUT2D eigenvalue weighted by molar-refractivity contribution is -0.161. The van der Waals surface area contributed by atoms with Crippen LogP contribution in [0.3, 0.4) is 0 Å². The first-order valence-electron chi connectivity index (χ1n) is 25.4. The molecule has 4 N–H and O–H groups in total. The summed E-state index contributed by atoms with van der Waals surface area (Å²) >= 11 is 0. The van der Waals surface area contributed by atoms with Gasteiger partial charge >= 0.3 is 25.7 Å². The highest BCUT2D eigenvalue weighted by Crippen LogP contribution is 2.43. The van der Waals surface area contributed by atoms with Crippen LogP contribution in [0.4, 0.5) is 0 Å². The zero-order valence-electron chi connectivity index (χ0n) is 39.7. The van der Waals surface area contributed by atoms with E-state index in [9.17, 15) is 23.8 Å². The highest BCUT2D eigenvalue weighted by atomic mass is 31.2. The lowest BCUT2D eigenvalue weighted by atomic mass is 10.0. The van der Waals surface area contributed by atoms with Crippen LogP contribution in [0.1, 0.15) is 245 Å². The minimum Gasteiger partial charge on any atom is -0.480 e. The molecule has 0 aromatic rings. The molecule has 1 unspecified atom stereocenters. The van der Waals surface area contributed by atoms with Gasteiger partial charge in [0, 0.05) is 12.8 Å². The monoisotopic (exact) mass is 900 g/mol. The summed E-state index contributed by atoms with van der Waals surface area (Å²) < 4.78 is 32.8. The molecule has 0 bridgehead atoms. The number of allylic oxidation sites excluding steroid dienone is 4. The quantitative estimate of drug-likeness (QED) is 0.0230. The van der Waals surface area contributed by atoms with E-state index in [-0.39, 0.29) is 19.4 Å². The Bertz CT molecular complexity index is 1150. The molecule has 0 heterocycles. The minimum absolute atomic E-state index is 0.159. The molecular weight excluding hydrogens is 806 g/mol. The summed E-state index contributed by atoms with van der Waals surface area (Å²) in [5.74, 6) is -2.37. The third-order valence-corrected chi connectivity index (χ3v) is 12.1. The van der Waals surface area contributed by atoms with Gasteiger partial charge in [-0.25, -0.2) is 4.57 Å². The molecular formula is C50H94NO10P. The van der Waals surface area contributed by atoms with Gasteiger partial charge in [0.1, 0.15) is 12.6 Å². The van der Waals surface area contributed by atoms with E-state index >= 15 is 0 Å². The summed E-state index contributed by atoms with van der Waals surface area (Å²) in [5.41, 5.74) is 5.35. The van der Waals surface area contributed by atoms with Crippen molar-refractivity contribution in [3.05, 3.63) is 24.3 Å². The van der Waals surface area contributed by atoms with Crippen LogP contribution in [0.2, 0.25) is 0 Å². The molecule has 0 aliphatic rings. The third-order valence-electron chi connectivity index (χ3n) is 11.2. The van der Waals surface area contributed by atoms with E-state index in [1.807, 2.05) is 0 Å². The largest absolute Gasteiger partial charge is 0.480 e. The van der Waals surface area contributed by atoms with Gasteiger partial charge in [-0.3, -0.25) is 23.4 Å². The van der Waals surface area contributed by atoms with Crippen LogP contribution in [0.25, 0.3) is 0 Å². The summed E-state index contributed by atoms with van der Waals surface area (Å²) in [5, 5.41) is 8.92. The van der Waals surface area contributed by atoms with Gasteiger partial charge in [-0.2, -0.15) is 0 Å². The van der Waals surface area contributed by atoms with Crippen molar-refractivity contribution < 1.29 is 47.5 Å². The number of phosphoric acid groups is 1. The highest BCUT2D eigenvalue weighted by molar-refractivity contribution is 7.47. The Balaban J connectivity index is 4.23. The number of rotatable bonds is 48. The molecule has 0 rings (SSSR count). The number of unbranched alkanes of at least 4 members (excludes halogenated alkanes) is 30. The number of ether oxygens (including phenoxy) is 2. The Morgan fingerprint density at radius 2 is 0.806 bits per heavy atom. The van der Waals surface area contributed by atoms with Crippen molar-refractivity contribution in [3.63, 3.8) is 0 Å². The second kappa shape index (κ2) is 45.5. The topological polar surface area (TPSA) is 172 Å². The maximum atomic E-state index is 12.7. The number of aliphatic carboxylic acids is 1. The molecule has 3 atom stereocenters. The Morgan fingerprint density at radius 1 is 0.484 bits per heavy atom. The minimum atomic E-state index is -4.72. The molecule has 0 aromatic carbocycles. The van der Waals surface area contributed by atoms with Gasteiger partial charge in [0.15, 0.2) is 6.10 Å². The second-order valence-corrected chi connectivity index (χ2v) is 18.8. The van der Waals surface area contributed by atoms with Gasteiger partial charge in [-0.05, 0) is 64.2 Å². The van der Waals surface area contributed by atoms with Crippen molar-refractivity contribution in [1.29, 1.82) is 0 Å². The average molecular weight is 900 g/mol. The number of carbonyl (C=O) groups is 3. The van der Waals surface area contributed by atoms with Crippen LogP contribution in [-0.4, -0.2) is 59.9 Å². The molecule has 0 aliphatic carbocycles. The summed E-state index contributed by atoms with van der Waals surface area (Å²) in [4.78, 5) is 46.1. The lowest BCUT2D eigenvalue weighted by Gasteiger charge is -2.20. The van der Waals surface area contributed by atoms with Gasteiger partial charge in [0.2, 0.25) is 0 Å². The van der Waals surface area contributed by atoms with E-state index in [4.69, 9.17) is 24.8 Å². The first-order chi connectivity index (χ1) is 30.1. The van der Waals surface area contributed by atoms with Crippen molar-refractivity contribution in [2.45, 2.75) is 257 Å². The van der Waals surface area contributed by atoms with E-state index in [0.717, 1.165) is 44.9 Å². The highest BCUT2D eigenvalue weighted by Gasteiger charge is 2.28. The van der Waals surface area contributed by atoms with Crippen LogP contribution in [-0.2, 0) is 37.5 Å². The fraction of sp³-hybridized carbons (Fsp3) is 0.860. The molecule has 0 saturated carbocycles. The molecule has 0 aromatic heterocycles. The van der Waals surface area contributed by atoms with Crippen LogP contribution >= 0.6 is 7.82 Å². The number of nitrogens with two attached hydrogens (primary N) is 1. The fourth-order valence-electron chi connectivity index (χ4n) is 7.17. The second-order valence-electron chi connectivity index (χ2n) is 17.3. The van der Waals surface area contributed by atoms with Gasteiger partial charge in [-0.1, -0.05) is 192 Å². The number of carboxylic acids is 1. The molecule has 0 fully saturated rings. The average Bonchev–Trinajstić information content (AvgIpc) is 3.25. The van der Waals surface area contributed by atoms with E-state index in [2.05, 4.69) is 42.7 Å². The van der Waals surface area contributed by atoms with Crippen LogP contribution in [0, 0.1) is 0 Å². The van der Waals surface area contributed by atoms with Gasteiger partial charge in [-0.15, -0.1) is 0 Å². The predicted octanol–water partition coefficient (Wildman–Crippen LogP) is 14.2. The van der Waals surface area contributed by atoms with Crippen LogP contribution in [0.5, 0.6) is 0 Å². The molecule has 11 nitrogen and oxygen atoms in total. The molecule has 12 heteroatoms. The molecule has 0 aliphatic heterocycles. The number of phosphoric ester groups is 1. The van der Waals surface area contributed by atoms with Gasteiger partial charge < -0.3 is 25.2 Å². The SMILES string of the molecule is CCCCCCCC/C=C/CCCCCCCCCCCCCC(=O)OC[C@H](COP(=O)(O)OC[C@H](N)C(=O)O)OC(=O)CCCCCCCCC/C=C/CCCCCCCC. The van der Waals surface area contributed by atoms with Gasteiger partial charge in [0.05, 0.1) is 13.2 Å². The zero-order valence-corrected chi connectivity index (χ0v) is 40.6. The number of carboxylic acid groups (broad SMARTS) is 1. The van der Waals surface area contributed by atoms with Crippen LogP contribution in [0.15, 0.2) is 24.3 Å². The van der Waals surface area contributed by atoms with E-state index < -0.39 is 51.1 Å². The summed E-state index contributed by atoms with van der Waals surface area (Å²) in [7, 11) is -4.72. The molecule has 0 radical (unpaired) electrons. The van der Waals surface area contributed by atoms with Gasteiger partial charge in [0.25, 0.3) is 0 Å². The molecule has 62 heavy (non-hydrogen) atoms. The number of esters is 2. The van der Waals surface area contributed by atoms with Crippen molar-refractivity contribution in [2.24, 2.45) is 5.73 Å². The van der Waals surface area contributed by atoms with Crippen molar-refractivity contribution in [2.75, 3.05) is 19.8 Å². The molecule has 0 amide bonds. The number of hydrogen-bond acceptors (Lipinski definition) is 9. The first kappa shape index (κ1) is 60.0. The molecule has 364 valence electrons. The number of carbonyl (C=O) groups excluding carboxylic acids is 2. The Labute approximate surface area is 379 Å². The maximum absolute atomic E-state index is 12.7. The Hall–Kier alpha value is -2.04. The van der Waals surface area contributed by atoms with Crippen molar-refractivity contribution in [3.8, 4) is 0 Å². The van der Waals surface area contributed by atoms with Crippen molar-refractivity contribution in [1.82, 2.24) is 0 Å². The Kier molecular flexibility index (Phi) is 44.0.